The Bertz CT molecular complexity index is 1030. The summed E-state index contributed by atoms with van der Waals surface area (Å²) in [5.41, 5.74) is 5.56. The van der Waals surface area contributed by atoms with Crippen molar-refractivity contribution >= 4 is 23.9 Å². The highest BCUT2D eigenvalue weighted by molar-refractivity contribution is 6.01. The number of likely N-dealkylation sites (tertiary alicyclic amines) is 1. The number of benzene rings is 1. The molecule has 1 aromatic carbocycles. The largest absolute Gasteiger partial charge is 0.489 e. The molecule has 198 valence electrons. The lowest BCUT2D eigenvalue weighted by Crippen LogP contribution is -2.45. The highest BCUT2D eigenvalue weighted by atomic mass is 16.6. The topological polar surface area (TPSA) is 128 Å². The third-order valence-corrected chi connectivity index (χ3v) is 5.75. The number of rotatable bonds is 7. The molecule has 2 N–H and O–H groups in total. The molecule has 0 aliphatic carbocycles. The summed E-state index contributed by atoms with van der Waals surface area (Å²) in [6.45, 7) is 11.9. The fourth-order valence-corrected chi connectivity index (χ4v) is 4.25. The van der Waals surface area contributed by atoms with Crippen molar-refractivity contribution in [1.29, 1.82) is 0 Å². The SMILES string of the molecule is CC(C)(C)OC(=O)CCC(C(N)=O)N1Cc2cc(O[C@@H]3CCN(C(=O)OC(C)(C)C)C3)ccc2C1=O. The summed E-state index contributed by atoms with van der Waals surface area (Å²) in [6.07, 6.45) is 0.143. The first-order chi connectivity index (χ1) is 16.6. The van der Waals surface area contributed by atoms with Crippen LogP contribution in [0, 0.1) is 0 Å². The highest BCUT2D eigenvalue weighted by Crippen LogP contribution is 2.30. The average Bonchev–Trinajstić information content (AvgIpc) is 3.30. The van der Waals surface area contributed by atoms with Crippen molar-refractivity contribution in [2.24, 2.45) is 5.73 Å². The standard InChI is InChI=1S/C26H37N3O7/c1-25(2,3)35-21(30)10-9-20(22(27)31)29-14-16-13-17(7-8-19(16)23(29)32)34-18-11-12-28(15-18)24(33)36-26(4,5)6/h7-8,13,18,20H,9-12,14-15H2,1-6H3,(H2,27,31)/t18-,20?/m1/s1. The third kappa shape index (κ3) is 7.11. The lowest BCUT2D eigenvalue weighted by atomic mass is 10.1. The number of nitrogens with two attached hydrogens (primary N) is 1. The highest BCUT2D eigenvalue weighted by Gasteiger charge is 2.37. The van der Waals surface area contributed by atoms with Gasteiger partial charge in [0.05, 0.1) is 6.54 Å². The van der Waals surface area contributed by atoms with Gasteiger partial charge in [-0.2, -0.15) is 0 Å². The Hall–Kier alpha value is -3.30. The number of hydrogen-bond donors (Lipinski definition) is 1. The van der Waals surface area contributed by atoms with Gasteiger partial charge < -0.3 is 29.7 Å². The molecule has 2 aliphatic heterocycles. The van der Waals surface area contributed by atoms with Crippen LogP contribution in [0.4, 0.5) is 4.79 Å². The molecule has 1 unspecified atom stereocenters. The van der Waals surface area contributed by atoms with Gasteiger partial charge in [0.25, 0.3) is 5.91 Å². The molecule has 0 saturated carbocycles. The van der Waals surface area contributed by atoms with Crippen LogP contribution in [0.5, 0.6) is 5.75 Å². The van der Waals surface area contributed by atoms with E-state index in [1.807, 2.05) is 20.8 Å². The molecular weight excluding hydrogens is 466 g/mol. The lowest BCUT2D eigenvalue weighted by Gasteiger charge is -2.25. The van der Waals surface area contributed by atoms with Crippen LogP contribution in [-0.2, 0) is 25.6 Å². The van der Waals surface area contributed by atoms with Crippen LogP contribution in [-0.4, -0.2) is 70.1 Å². The lowest BCUT2D eigenvalue weighted by molar-refractivity contribution is -0.155. The summed E-state index contributed by atoms with van der Waals surface area (Å²) >= 11 is 0. The Kier molecular flexibility index (Phi) is 7.85. The first-order valence-electron chi connectivity index (χ1n) is 12.2. The number of primary amides is 1. The summed E-state index contributed by atoms with van der Waals surface area (Å²) in [6, 6.07) is 4.21. The first kappa shape index (κ1) is 27.3. The van der Waals surface area contributed by atoms with Gasteiger partial charge in [0.15, 0.2) is 0 Å². The molecule has 10 nitrogen and oxygen atoms in total. The molecule has 0 radical (unpaired) electrons. The van der Waals surface area contributed by atoms with E-state index in [4.69, 9.17) is 19.9 Å². The summed E-state index contributed by atoms with van der Waals surface area (Å²) in [5.74, 6) is -0.875. The van der Waals surface area contributed by atoms with Gasteiger partial charge >= 0.3 is 12.1 Å². The zero-order valence-electron chi connectivity index (χ0n) is 22.0. The van der Waals surface area contributed by atoms with E-state index in [0.29, 0.717) is 36.4 Å². The number of fused-ring (bicyclic) bond motifs is 1. The van der Waals surface area contributed by atoms with Crippen molar-refractivity contribution in [2.45, 2.75) is 90.7 Å². The van der Waals surface area contributed by atoms with E-state index in [-0.39, 0.29) is 37.5 Å². The number of ether oxygens (including phenoxy) is 3. The molecule has 2 aliphatic rings. The van der Waals surface area contributed by atoms with Gasteiger partial charge in [0.2, 0.25) is 5.91 Å². The van der Waals surface area contributed by atoms with E-state index in [1.165, 1.54) is 4.90 Å². The van der Waals surface area contributed by atoms with Gasteiger partial charge in [-0.1, -0.05) is 0 Å². The smallest absolute Gasteiger partial charge is 0.410 e. The van der Waals surface area contributed by atoms with Gasteiger partial charge in [-0.3, -0.25) is 14.4 Å². The van der Waals surface area contributed by atoms with E-state index < -0.39 is 29.1 Å². The molecular formula is C26H37N3O7. The van der Waals surface area contributed by atoms with Gasteiger partial charge in [-0.25, -0.2) is 4.79 Å². The molecule has 3 amide bonds. The van der Waals surface area contributed by atoms with Crippen molar-refractivity contribution in [3.8, 4) is 5.75 Å². The zero-order chi connectivity index (χ0) is 26.8. The molecule has 10 heteroatoms. The normalized spacial score (nSPS) is 18.6. The Morgan fingerprint density at radius 3 is 2.36 bits per heavy atom. The minimum atomic E-state index is -0.931. The monoisotopic (exact) mass is 503 g/mol. The summed E-state index contributed by atoms with van der Waals surface area (Å²) in [4.78, 5) is 52.6. The second-order valence-corrected chi connectivity index (χ2v) is 11.3. The van der Waals surface area contributed by atoms with Crippen LogP contribution in [0.15, 0.2) is 18.2 Å². The van der Waals surface area contributed by atoms with Crippen molar-refractivity contribution in [3.05, 3.63) is 29.3 Å². The Morgan fingerprint density at radius 1 is 1.08 bits per heavy atom. The van der Waals surface area contributed by atoms with Gasteiger partial charge in [-0.15, -0.1) is 0 Å². The molecule has 3 rings (SSSR count). The van der Waals surface area contributed by atoms with E-state index in [2.05, 4.69) is 0 Å². The van der Waals surface area contributed by atoms with Crippen LogP contribution in [0.1, 0.15) is 76.7 Å². The molecule has 0 spiro atoms. The van der Waals surface area contributed by atoms with E-state index in [0.717, 1.165) is 0 Å². The third-order valence-electron chi connectivity index (χ3n) is 5.75. The molecule has 36 heavy (non-hydrogen) atoms. The van der Waals surface area contributed by atoms with Crippen molar-refractivity contribution < 1.29 is 33.4 Å². The second-order valence-electron chi connectivity index (χ2n) is 11.3. The van der Waals surface area contributed by atoms with Crippen LogP contribution in [0.3, 0.4) is 0 Å². The fraction of sp³-hybridized carbons (Fsp3) is 0.615. The quantitative estimate of drug-likeness (QED) is 0.566. The first-order valence-corrected chi connectivity index (χ1v) is 12.2. The zero-order valence-corrected chi connectivity index (χ0v) is 22.0. The van der Waals surface area contributed by atoms with Crippen molar-refractivity contribution in [3.63, 3.8) is 0 Å². The molecule has 1 fully saturated rings. The predicted octanol–water partition coefficient (Wildman–Crippen LogP) is 3.01. The number of carbonyl (C=O) groups excluding carboxylic acids is 4. The summed E-state index contributed by atoms with van der Waals surface area (Å²) < 4.78 is 16.8. The molecule has 1 aromatic rings. The maximum Gasteiger partial charge on any atom is 0.410 e. The second kappa shape index (κ2) is 10.4. The Labute approximate surface area is 212 Å². The minimum Gasteiger partial charge on any atom is -0.489 e. The van der Waals surface area contributed by atoms with E-state index >= 15 is 0 Å². The summed E-state index contributed by atoms with van der Waals surface area (Å²) in [7, 11) is 0. The van der Waals surface area contributed by atoms with Crippen LogP contribution < -0.4 is 10.5 Å². The Morgan fingerprint density at radius 2 is 1.75 bits per heavy atom. The maximum absolute atomic E-state index is 13.0. The maximum atomic E-state index is 13.0. The number of esters is 1. The average molecular weight is 504 g/mol. The molecule has 0 bridgehead atoms. The Balaban J connectivity index is 1.62. The van der Waals surface area contributed by atoms with Crippen LogP contribution in [0.2, 0.25) is 0 Å². The van der Waals surface area contributed by atoms with Crippen molar-refractivity contribution in [1.82, 2.24) is 9.80 Å². The minimum absolute atomic E-state index is 0.0325. The predicted molar refractivity (Wildman–Crippen MR) is 131 cm³/mol. The fourth-order valence-electron chi connectivity index (χ4n) is 4.25. The number of hydrogen-bond acceptors (Lipinski definition) is 7. The summed E-state index contributed by atoms with van der Waals surface area (Å²) in [5, 5.41) is 0. The van der Waals surface area contributed by atoms with Crippen LogP contribution in [0.25, 0.3) is 0 Å². The molecule has 2 atom stereocenters. The van der Waals surface area contributed by atoms with Gasteiger partial charge in [0.1, 0.15) is 29.1 Å². The van der Waals surface area contributed by atoms with Crippen LogP contribution >= 0.6 is 0 Å². The number of amides is 3. The van der Waals surface area contributed by atoms with E-state index in [1.54, 1.807) is 43.9 Å². The van der Waals surface area contributed by atoms with Crippen molar-refractivity contribution in [2.75, 3.05) is 13.1 Å². The number of carbonyl (C=O) groups is 4. The molecule has 1 saturated heterocycles. The molecule has 2 heterocycles. The molecule has 0 aromatic heterocycles. The van der Waals surface area contributed by atoms with Gasteiger partial charge in [-0.05, 0) is 71.7 Å². The number of nitrogens with zero attached hydrogens (tertiary/aromatic N) is 2. The van der Waals surface area contributed by atoms with Gasteiger partial charge in [0, 0.05) is 31.5 Å². The van der Waals surface area contributed by atoms with E-state index in [9.17, 15) is 19.2 Å².